The van der Waals surface area contributed by atoms with E-state index in [0.29, 0.717) is 29.4 Å². The molecule has 0 radical (unpaired) electrons. The summed E-state index contributed by atoms with van der Waals surface area (Å²) in [6.45, 7) is 6.00. The van der Waals surface area contributed by atoms with E-state index in [1.165, 1.54) is 4.90 Å². The van der Waals surface area contributed by atoms with Gasteiger partial charge >= 0.3 is 0 Å². The first-order chi connectivity index (χ1) is 16.7. The highest BCUT2D eigenvalue weighted by molar-refractivity contribution is 7.19. The normalized spacial score (nSPS) is 25.4. The van der Waals surface area contributed by atoms with Gasteiger partial charge in [-0.15, -0.1) is 11.3 Å². The fraction of sp³-hybridized carbons (Fsp3) is 0.423. The van der Waals surface area contributed by atoms with Crippen LogP contribution in [0.25, 0.3) is 21.3 Å². The van der Waals surface area contributed by atoms with Gasteiger partial charge in [-0.2, -0.15) is 0 Å². The van der Waals surface area contributed by atoms with Crippen molar-refractivity contribution in [2.24, 2.45) is 11.8 Å². The van der Waals surface area contributed by atoms with Crippen LogP contribution in [0.1, 0.15) is 30.7 Å². The molecule has 0 bridgehead atoms. The molecule has 3 fully saturated rings. The molecule has 0 spiro atoms. The second-order valence-corrected chi connectivity index (χ2v) is 12.2. The van der Waals surface area contributed by atoms with Gasteiger partial charge in [0.05, 0.1) is 40.3 Å². The number of amides is 2. The average Bonchev–Trinajstić information content (AvgIpc) is 3.43. The molecular weight excluding hydrogens is 505 g/mol. The number of pyridine rings is 1. The number of piperidine rings is 1. The van der Waals surface area contributed by atoms with Crippen LogP contribution < -0.4 is 5.32 Å². The summed E-state index contributed by atoms with van der Waals surface area (Å²) in [5.41, 5.74) is 3.48. The molecule has 35 heavy (non-hydrogen) atoms. The van der Waals surface area contributed by atoms with Gasteiger partial charge in [-0.1, -0.05) is 23.2 Å². The van der Waals surface area contributed by atoms with Crippen LogP contribution >= 0.6 is 34.5 Å². The van der Waals surface area contributed by atoms with Gasteiger partial charge in [0.15, 0.2) is 0 Å². The van der Waals surface area contributed by atoms with E-state index >= 15 is 0 Å². The lowest BCUT2D eigenvalue weighted by atomic mass is 9.94. The molecule has 1 aliphatic carbocycles. The molecule has 4 heterocycles. The smallest absolute Gasteiger partial charge is 0.233 e. The number of thiophene rings is 1. The number of morpholine rings is 1. The van der Waals surface area contributed by atoms with Crippen LogP contribution in [0.2, 0.25) is 10.0 Å². The molecule has 2 saturated heterocycles. The second-order valence-electron chi connectivity index (χ2n) is 10.2. The zero-order valence-corrected chi connectivity index (χ0v) is 21.8. The third kappa shape index (κ3) is 4.27. The first kappa shape index (κ1) is 23.4. The zero-order chi connectivity index (χ0) is 24.5. The molecule has 2 amide bonds. The lowest BCUT2D eigenvalue weighted by Gasteiger charge is -2.37. The van der Waals surface area contributed by atoms with Crippen LogP contribution in [0.15, 0.2) is 30.5 Å². The Labute approximate surface area is 217 Å². The lowest BCUT2D eigenvalue weighted by Crippen LogP contribution is -2.51. The van der Waals surface area contributed by atoms with E-state index in [9.17, 15) is 9.59 Å². The van der Waals surface area contributed by atoms with Crippen LogP contribution in [0.5, 0.6) is 0 Å². The molecule has 3 aliphatic rings. The molecule has 3 atom stereocenters. The molecule has 6 nitrogen and oxygen atoms in total. The molecule has 9 heteroatoms. The number of halogens is 2. The number of nitrogens with one attached hydrogen (secondary N) is 1. The Hall–Kier alpha value is -2.03. The molecule has 182 valence electrons. The van der Waals surface area contributed by atoms with E-state index in [1.54, 1.807) is 23.6 Å². The number of ether oxygens (including phenoxy) is 1. The largest absolute Gasteiger partial charge is 0.369 e. The Morgan fingerprint density at radius 1 is 1.17 bits per heavy atom. The van der Waals surface area contributed by atoms with Crippen molar-refractivity contribution in [3.05, 3.63) is 50.9 Å². The minimum atomic E-state index is -0.250. The third-order valence-corrected chi connectivity index (χ3v) is 8.72. The zero-order valence-electron chi connectivity index (χ0n) is 19.4. The summed E-state index contributed by atoms with van der Waals surface area (Å²) in [5, 5.41) is 4.62. The SMILES string of the molecule is CC1(C)CNCC(Cc2c(Cl)cc(Cl)cc2-c2ccnc3cc(CN4C(=O)C5CC5C4=O)sc23)O1. The van der Waals surface area contributed by atoms with E-state index < -0.39 is 0 Å². The number of hydrogen-bond donors (Lipinski definition) is 1. The third-order valence-electron chi connectivity index (χ3n) is 7.02. The van der Waals surface area contributed by atoms with Gasteiger partial charge in [0.25, 0.3) is 0 Å². The van der Waals surface area contributed by atoms with Gasteiger partial charge in [0.2, 0.25) is 11.8 Å². The van der Waals surface area contributed by atoms with E-state index in [0.717, 1.165) is 44.9 Å². The predicted octanol–water partition coefficient (Wildman–Crippen LogP) is 5.08. The summed E-state index contributed by atoms with van der Waals surface area (Å²) < 4.78 is 7.30. The highest BCUT2D eigenvalue weighted by Gasteiger charge is 2.58. The summed E-state index contributed by atoms with van der Waals surface area (Å²) in [4.78, 5) is 31.8. The number of imide groups is 1. The number of benzene rings is 1. The first-order valence-electron chi connectivity index (χ1n) is 11.8. The molecule has 6 rings (SSSR count). The maximum Gasteiger partial charge on any atom is 0.233 e. The van der Waals surface area contributed by atoms with Gasteiger partial charge in [0, 0.05) is 46.2 Å². The number of carbonyl (C=O) groups is 2. The molecule has 2 aliphatic heterocycles. The van der Waals surface area contributed by atoms with Crippen LogP contribution in [0.4, 0.5) is 0 Å². The second kappa shape index (κ2) is 8.53. The highest BCUT2D eigenvalue weighted by atomic mass is 35.5. The van der Waals surface area contributed by atoms with Gasteiger partial charge in [-0.05, 0) is 55.7 Å². The van der Waals surface area contributed by atoms with Crippen molar-refractivity contribution in [1.82, 2.24) is 15.2 Å². The molecular formula is C26H25Cl2N3O3S. The summed E-state index contributed by atoms with van der Waals surface area (Å²) in [6.07, 6.45) is 3.10. The number of hydrogen-bond acceptors (Lipinski definition) is 6. The molecule has 3 unspecified atom stereocenters. The van der Waals surface area contributed by atoms with Crippen molar-refractivity contribution in [3.8, 4) is 11.1 Å². The maximum absolute atomic E-state index is 12.5. The molecule has 1 aromatic carbocycles. The minimum Gasteiger partial charge on any atom is -0.369 e. The van der Waals surface area contributed by atoms with Crippen molar-refractivity contribution in [2.45, 2.75) is 44.9 Å². The summed E-state index contributed by atoms with van der Waals surface area (Å²) in [7, 11) is 0. The van der Waals surface area contributed by atoms with Crippen LogP contribution in [0.3, 0.4) is 0 Å². The van der Waals surface area contributed by atoms with Gasteiger partial charge in [-0.3, -0.25) is 19.5 Å². The number of nitrogens with zero attached hydrogens (tertiary/aromatic N) is 2. The van der Waals surface area contributed by atoms with Crippen LogP contribution in [-0.2, 0) is 27.3 Å². The lowest BCUT2D eigenvalue weighted by molar-refractivity contribution is -0.141. The number of fused-ring (bicyclic) bond motifs is 2. The number of aromatic nitrogens is 1. The predicted molar refractivity (Wildman–Crippen MR) is 138 cm³/mol. The van der Waals surface area contributed by atoms with Gasteiger partial charge < -0.3 is 10.1 Å². The van der Waals surface area contributed by atoms with E-state index in [4.69, 9.17) is 27.9 Å². The Balaban J connectivity index is 1.37. The average molecular weight is 530 g/mol. The van der Waals surface area contributed by atoms with Gasteiger partial charge in [0.1, 0.15) is 0 Å². The van der Waals surface area contributed by atoms with Gasteiger partial charge in [-0.25, -0.2) is 0 Å². The molecule has 1 saturated carbocycles. The fourth-order valence-electron chi connectivity index (χ4n) is 5.30. The van der Waals surface area contributed by atoms with Crippen molar-refractivity contribution < 1.29 is 14.3 Å². The van der Waals surface area contributed by atoms with E-state index in [1.807, 2.05) is 18.2 Å². The van der Waals surface area contributed by atoms with Crippen molar-refractivity contribution >= 4 is 56.6 Å². The fourth-order valence-corrected chi connectivity index (χ4v) is 7.00. The Bertz CT molecular complexity index is 1350. The van der Waals surface area contributed by atoms with E-state index in [-0.39, 0.29) is 35.4 Å². The Kier molecular flexibility index (Phi) is 5.69. The molecule has 1 N–H and O–H groups in total. The monoisotopic (exact) mass is 529 g/mol. The van der Waals surface area contributed by atoms with Crippen LogP contribution in [0, 0.1) is 11.8 Å². The minimum absolute atomic E-state index is 0.0222. The quantitative estimate of drug-likeness (QED) is 0.466. The van der Waals surface area contributed by atoms with Crippen molar-refractivity contribution in [1.29, 1.82) is 0 Å². The summed E-state index contributed by atoms with van der Waals surface area (Å²) in [6, 6.07) is 7.66. The molecule has 3 aromatic rings. The number of carbonyl (C=O) groups excluding carboxylic acids is 2. The Morgan fingerprint density at radius 3 is 2.69 bits per heavy atom. The number of likely N-dealkylation sites (tertiary alicyclic amines) is 1. The van der Waals surface area contributed by atoms with Crippen molar-refractivity contribution in [3.63, 3.8) is 0 Å². The number of rotatable bonds is 5. The first-order valence-corrected chi connectivity index (χ1v) is 13.4. The maximum atomic E-state index is 12.5. The van der Waals surface area contributed by atoms with Crippen LogP contribution in [-0.4, -0.2) is 46.5 Å². The van der Waals surface area contributed by atoms with Crippen molar-refractivity contribution in [2.75, 3.05) is 13.1 Å². The standard InChI is InChI=1S/C26H25Cl2N3O3S/c1-26(2)12-29-10-14(34-26)7-18-17(5-13(27)6-21(18)28)16-3-4-30-22-8-15(35-23(16)22)11-31-24(32)19-9-20(19)25(31)33/h3-6,8,14,19-20,29H,7,9-12H2,1-2H3. The van der Waals surface area contributed by atoms with E-state index in [2.05, 4.69) is 24.1 Å². The molecule has 2 aromatic heterocycles. The Morgan fingerprint density at radius 2 is 1.94 bits per heavy atom. The summed E-state index contributed by atoms with van der Waals surface area (Å²) in [5.74, 6) is -0.275. The topological polar surface area (TPSA) is 71.5 Å². The highest BCUT2D eigenvalue weighted by Crippen LogP contribution is 2.48. The summed E-state index contributed by atoms with van der Waals surface area (Å²) >= 11 is 14.8.